The van der Waals surface area contributed by atoms with Crippen LogP contribution in [0.1, 0.15) is 11.4 Å². The van der Waals surface area contributed by atoms with Crippen LogP contribution >= 0.6 is 27.5 Å². The molecule has 21 heavy (non-hydrogen) atoms. The Morgan fingerprint density at radius 3 is 2.86 bits per heavy atom. The van der Waals surface area contributed by atoms with Crippen molar-refractivity contribution >= 4 is 38.6 Å². The summed E-state index contributed by atoms with van der Waals surface area (Å²) in [7, 11) is 1.88. The molecule has 0 unspecified atom stereocenters. The van der Waals surface area contributed by atoms with Crippen LogP contribution in [0.15, 0.2) is 29.0 Å². The highest BCUT2D eigenvalue weighted by Gasteiger charge is 2.14. The maximum absolute atomic E-state index is 13.7. The van der Waals surface area contributed by atoms with E-state index in [0.29, 0.717) is 28.8 Å². The number of hydrogen-bond acceptors (Lipinski definition) is 2. The van der Waals surface area contributed by atoms with Crippen molar-refractivity contribution < 1.29 is 4.39 Å². The number of benzene rings is 1. The fourth-order valence-electron chi connectivity index (χ4n) is 2.36. The second-order valence-electron chi connectivity index (χ2n) is 4.83. The molecule has 3 rings (SSSR count). The highest BCUT2D eigenvalue weighted by molar-refractivity contribution is 9.10. The first kappa shape index (κ1) is 14.5. The molecule has 0 saturated carbocycles. The van der Waals surface area contributed by atoms with E-state index in [1.807, 2.05) is 19.4 Å². The average molecular weight is 372 g/mol. The quantitative estimate of drug-likeness (QED) is 0.658. The Labute approximate surface area is 134 Å². The van der Waals surface area contributed by atoms with Gasteiger partial charge in [-0.15, -0.1) is 11.6 Å². The van der Waals surface area contributed by atoms with Gasteiger partial charge in [0.25, 0.3) is 0 Å². The summed E-state index contributed by atoms with van der Waals surface area (Å²) in [6.07, 6.45) is 4.40. The minimum atomic E-state index is -0.314. The lowest BCUT2D eigenvalue weighted by Crippen LogP contribution is -2.05. The summed E-state index contributed by atoms with van der Waals surface area (Å²) in [6, 6.07) is 3.20. The van der Waals surface area contributed by atoms with E-state index in [1.54, 1.807) is 10.7 Å². The lowest BCUT2D eigenvalue weighted by molar-refractivity contribution is 0.622. The molecule has 0 saturated heterocycles. The maximum atomic E-state index is 13.7. The number of rotatable bonds is 4. The fourth-order valence-corrected chi connectivity index (χ4v) is 2.86. The second-order valence-corrected chi connectivity index (χ2v) is 6.06. The number of alkyl halides is 1. The predicted molar refractivity (Wildman–Crippen MR) is 84.1 cm³/mol. The van der Waals surface area contributed by atoms with Gasteiger partial charge in [-0.05, 0) is 22.0 Å². The van der Waals surface area contributed by atoms with Gasteiger partial charge in [0.15, 0.2) is 0 Å². The summed E-state index contributed by atoms with van der Waals surface area (Å²) in [4.78, 5) is 4.50. The molecule has 3 aromatic rings. The van der Waals surface area contributed by atoms with Crippen LogP contribution in [-0.4, -0.2) is 25.2 Å². The van der Waals surface area contributed by atoms with Gasteiger partial charge in [-0.1, -0.05) is 0 Å². The van der Waals surface area contributed by atoms with Crippen LogP contribution in [0.2, 0.25) is 0 Å². The Balaban J connectivity index is 2.12. The van der Waals surface area contributed by atoms with Crippen molar-refractivity contribution in [3.63, 3.8) is 0 Å². The number of imidazole rings is 1. The molecule has 0 radical (unpaired) electrons. The van der Waals surface area contributed by atoms with Crippen LogP contribution in [-0.2, 0) is 20.0 Å². The van der Waals surface area contributed by atoms with Crippen molar-refractivity contribution in [2.75, 3.05) is 5.88 Å². The van der Waals surface area contributed by atoms with Crippen LogP contribution in [0.3, 0.4) is 0 Å². The van der Waals surface area contributed by atoms with Crippen LogP contribution in [0.4, 0.5) is 4.39 Å². The lowest BCUT2D eigenvalue weighted by atomic mass is 10.3. The molecule has 0 fully saturated rings. The molecule has 0 aliphatic heterocycles. The van der Waals surface area contributed by atoms with E-state index in [1.165, 1.54) is 6.07 Å². The summed E-state index contributed by atoms with van der Waals surface area (Å²) in [5, 5.41) is 4.17. The molecular weight excluding hydrogens is 359 g/mol. The van der Waals surface area contributed by atoms with Crippen LogP contribution < -0.4 is 0 Å². The van der Waals surface area contributed by atoms with Crippen LogP contribution in [0.5, 0.6) is 0 Å². The topological polar surface area (TPSA) is 35.6 Å². The summed E-state index contributed by atoms with van der Waals surface area (Å²) in [6.45, 7) is 0.634. The zero-order chi connectivity index (χ0) is 15.0. The minimum absolute atomic E-state index is 0.314. The molecule has 2 aromatic heterocycles. The minimum Gasteiger partial charge on any atom is -0.323 e. The third-order valence-corrected chi connectivity index (χ3v) is 4.08. The van der Waals surface area contributed by atoms with Crippen molar-refractivity contribution in [1.82, 2.24) is 19.3 Å². The van der Waals surface area contributed by atoms with Crippen LogP contribution in [0.25, 0.3) is 11.0 Å². The molecule has 0 N–H and O–H groups in total. The summed E-state index contributed by atoms with van der Waals surface area (Å²) < 4.78 is 17.9. The largest absolute Gasteiger partial charge is 0.323 e. The van der Waals surface area contributed by atoms with E-state index in [-0.39, 0.29) is 5.82 Å². The van der Waals surface area contributed by atoms with Crippen molar-refractivity contribution in [2.24, 2.45) is 7.05 Å². The smallest absolute Gasteiger partial charge is 0.139 e. The number of hydrogen-bond donors (Lipinski definition) is 0. The summed E-state index contributed by atoms with van der Waals surface area (Å²) >= 11 is 9.08. The van der Waals surface area contributed by atoms with E-state index in [0.717, 1.165) is 16.9 Å². The Bertz CT molecular complexity index is 796. The first-order valence-corrected chi connectivity index (χ1v) is 7.79. The molecule has 0 atom stereocenters. The second kappa shape index (κ2) is 5.77. The van der Waals surface area contributed by atoms with Crippen molar-refractivity contribution in [3.05, 3.63) is 46.2 Å². The van der Waals surface area contributed by atoms with E-state index < -0.39 is 0 Å². The molecule has 0 aliphatic rings. The zero-order valence-electron chi connectivity index (χ0n) is 11.4. The van der Waals surface area contributed by atoms with Gasteiger partial charge in [0.1, 0.15) is 11.6 Å². The SMILES string of the molecule is Cn1cc(Cn2c(CCCl)nc3cc(F)c(Br)cc32)cn1. The third-order valence-electron chi connectivity index (χ3n) is 3.29. The van der Waals surface area contributed by atoms with Gasteiger partial charge in [-0.25, -0.2) is 9.37 Å². The van der Waals surface area contributed by atoms with E-state index in [9.17, 15) is 4.39 Å². The Hall–Kier alpha value is -1.40. The summed E-state index contributed by atoms with van der Waals surface area (Å²) in [5.74, 6) is 1.01. The Morgan fingerprint density at radius 2 is 2.19 bits per heavy atom. The normalized spacial score (nSPS) is 11.4. The fraction of sp³-hybridized carbons (Fsp3) is 0.286. The van der Waals surface area contributed by atoms with Gasteiger partial charge in [-0.2, -0.15) is 5.10 Å². The van der Waals surface area contributed by atoms with Crippen molar-refractivity contribution in [1.29, 1.82) is 0 Å². The first-order valence-electron chi connectivity index (χ1n) is 6.46. The van der Waals surface area contributed by atoms with E-state index in [4.69, 9.17) is 11.6 Å². The number of fused-ring (bicyclic) bond motifs is 1. The number of halogens is 3. The first-order chi connectivity index (χ1) is 10.1. The number of nitrogens with zero attached hydrogens (tertiary/aromatic N) is 4. The molecule has 4 nitrogen and oxygen atoms in total. The lowest BCUT2D eigenvalue weighted by Gasteiger charge is -2.07. The number of aryl methyl sites for hydroxylation is 2. The molecule has 2 heterocycles. The Kier molecular flexibility index (Phi) is 3.99. The molecule has 0 amide bonds. The van der Waals surface area contributed by atoms with Gasteiger partial charge in [-0.3, -0.25) is 4.68 Å². The van der Waals surface area contributed by atoms with Gasteiger partial charge in [0.2, 0.25) is 0 Å². The molecule has 1 aromatic carbocycles. The predicted octanol–water partition coefficient (Wildman–Crippen LogP) is 3.50. The van der Waals surface area contributed by atoms with Gasteiger partial charge < -0.3 is 4.57 Å². The monoisotopic (exact) mass is 370 g/mol. The Morgan fingerprint density at radius 1 is 1.38 bits per heavy atom. The van der Waals surface area contributed by atoms with E-state index >= 15 is 0 Å². The van der Waals surface area contributed by atoms with E-state index in [2.05, 4.69) is 30.6 Å². The van der Waals surface area contributed by atoms with Crippen LogP contribution in [0, 0.1) is 5.82 Å². The average Bonchev–Trinajstić information content (AvgIpc) is 2.97. The van der Waals surface area contributed by atoms with Gasteiger partial charge in [0, 0.05) is 37.2 Å². The number of aromatic nitrogens is 4. The summed E-state index contributed by atoms with van der Waals surface area (Å²) in [5.41, 5.74) is 2.58. The highest BCUT2D eigenvalue weighted by Crippen LogP contribution is 2.25. The molecule has 110 valence electrons. The molecule has 0 aliphatic carbocycles. The maximum Gasteiger partial charge on any atom is 0.139 e. The highest BCUT2D eigenvalue weighted by atomic mass is 79.9. The van der Waals surface area contributed by atoms with Gasteiger partial charge in [0.05, 0.1) is 28.2 Å². The standard InChI is InChI=1S/C14H13BrClFN4/c1-20-7-9(6-18-20)8-21-13-4-10(15)11(17)5-12(13)19-14(21)2-3-16/h4-7H,2-3,8H2,1H3. The zero-order valence-corrected chi connectivity index (χ0v) is 13.7. The molecule has 7 heteroatoms. The third kappa shape index (κ3) is 2.82. The van der Waals surface area contributed by atoms with Crippen molar-refractivity contribution in [3.8, 4) is 0 Å². The molecule has 0 spiro atoms. The van der Waals surface area contributed by atoms with Gasteiger partial charge >= 0.3 is 0 Å². The molecule has 0 bridgehead atoms. The van der Waals surface area contributed by atoms with Crippen molar-refractivity contribution in [2.45, 2.75) is 13.0 Å². The molecular formula is C14H13BrClFN4.